The van der Waals surface area contributed by atoms with Gasteiger partial charge in [-0.15, -0.1) is 0 Å². The molecular weight excluding hydrogens is 362 g/mol. The van der Waals surface area contributed by atoms with E-state index in [9.17, 15) is 9.59 Å². The van der Waals surface area contributed by atoms with Gasteiger partial charge in [-0.05, 0) is 23.8 Å². The molecule has 0 saturated carbocycles. The zero-order valence-corrected chi connectivity index (χ0v) is 16.1. The topological polar surface area (TPSA) is 59.2 Å². The molecule has 1 aromatic heterocycles. The summed E-state index contributed by atoms with van der Waals surface area (Å²) in [6, 6.07) is 23.9. The van der Waals surface area contributed by atoms with Gasteiger partial charge in [0, 0.05) is 34.6 Å². The maximum Gasteiger partial charge on any atom is 0.170 e. The third-order valence-electron chi connectivity index (χ3n) is 5.16. The summed E-state index contributed by atoms with van der Waals surface area (Å²) < 4.78 is 5.36. The zero-order valence-electron chi connectivity index (χ0n) is 16.1. The van der Waals surface area contributed by atoms with Gasteiger partial charge in [0.05, 0.1) is 13.0 Å². The summed E-state index contributed by atoms with van der Waals surface area (Å²) in [4.78, 5) is 29.6. The largest absolute Gasteiger partial charge is 0.497 e. The second kappa shape index (κ2) is 8.15. The lowest BCUT2D eigenvalue weighted by atomic mass is 9.85. The summed E-state index contributed by atoms with van der Waals surface area (Å²) >= 11 is 0. The van der Waals surface area contributed by atoms with E-state index in [0.29, 0.717) is 16.9 Å². The molecule has 4 rings (SSSR count). The van der Waals surface area contributed by atoms with E-state index in [1.165, 1.54) is 0 Å². The normalized spacial score (nSPS) is 11.9. The first kappa shape index (κ1) is 18.7. The van der Waals surface area contributed by atoms with E-state index >= 15 is 0 Å². The maximum absolute atomic E-state index is 13.4. The number of rotatable bonds is 7. The van der Waals surface area contributed by atoms with Crippen LogP contribution < -0.4 is 4.74 Å². The van der Waals surface area contributed by atoms with Crippen LogP contribution in [0.5, 0.6) is 5.75 Å². The summed E-state index contributed by atoms with van der Waals surface area (Å²) in [6.45, 7) is 0. The van der Waals surface area contributed by atoms with E-state index in [1.807, 2.05) is 60.8 Å². The highest BCUT2D eigenvalue weighted by atomic mass is 16.5. The minimum atomic E-state index is -0.592. The second-order valence-electron chi connectivity index (χ2n) is 6.93. The summed E-state index contributed by atoms with van der Waals surface area (Å²) in [6.07, 6.45) is 1.93. The number of ether oxygens (including phenoxy) is 1. The van der Waals surface area contributed by atoms with Gasteiger partial charge in [-0.2, -0.15) is 0 Å². The third-order valence-corrected chi connectivity index (χ3v) is 5.16. The van der Waals surface area contributed by atoms with E-state index < -0.39 is 5.92 Å². The number of ketones is 2. The molecule has 0 saturated heterocycles. The van der Waals surface area contributed by atoms with Crippen molar-refractivity contribution in [3.05, 3.63) is 102 Å². The molecule has 4 aromatic rings. The van der Waals surface area contributed by atoms with Gasteiger partial charge in [-0.1, -0.05) is 60.7 Å². The quantitative estimate of drug-likeness (QED) is 0.434. The van der Waals surface area contributed by atoms with E-state index in [1.54, 1.807) is 31.4 Å². The molecule has 0 aliphatic rings. The van der Waals surface area contributed by atoms with Crippen molar-refractivity contribution in [1.29, 1.82) is 0 Å². The van der Waals surface area contributed by atoms with Crippen LogP contribution in [0.25, 0.3) is 10.9 Å². The maximum atomic E-state index is 13.4. The Morgan fingerprint density at radius 3 is 2.21 bits per heavy atom. The summed E-state index contributed by atoms with van der Waals surface area (Å²) in [5, 5.41) is 0.888. The average molecular weight is 383 g/mol. The summed E-state index contributed by atoms with van der Waals surface area (Å²) in [5.41, 5.74) is 2.90. The molecule has 0 radical (unpaired) electrons. The fourth-order valence-corrected chi connectivity index (χ4v) is 3.61. The number of aromatic nitrogens is 1. The molecule has 0 fully saturated rings. The van der Waals surface area contributed by atoms with Gasteiger partial charge in [-0.3, -0.25) is 9.59 Å². The van der Waals surface area contributed by atoms with Crippen LogP contribution in [0.3, 0.4) is 0 Å². The number of carbonyl (C=O) groups excluding carboxylic acids is 2. The molecule has 4 heteroatoms. The molecule has 0 unspecified atom stereocenters. The van der Waals surface area contributed by atoms with Crippen LogP contribution in [-0.4, -0.2) is 23.7 Å². The van der Waals surface area contributed by atoms with Crippen molar-refractivity contribution >= 4 is 22.5 Å². The van der Waals surface area contributed by atoms with Crippen LogP contribution in [0.2, 0.25) is 0 Å². The summed E-state index contributed by atoms with van der Waals surface area (Å²) in [5.74, 6) is -0.0136. The number of aromatic amines is 1. The number of hydrogen-bond acceptors (Lipinski definition) is 3. The minimum absolute atomic E-state index is 0.0582. The Hall–Kier alpha value is -3.66. The number of benzene rings is 3. The number of Topliss-reactive ketones (excluding diaryl/α,β-unsaturated/α-hetero) is 2. The van der Waals surface area contributed by atoms with Crippen molar-refractivity contribution in [1.82, 2.24) is 4.98 Å². The van der Waals surface area contributed by atoms with Crippen LogP contribution in [0.1, 0.15) is 38.6 Å². The van der Waals surface area contributed by atoms with Crippen molar-refractivity contribution in [2.24, 2.45) is 0 Å². The molecule has 4 nitrogen and oxygen atoms in total. The Kier molecular flexibility index (Phi) is 5.25. The van der Waals surface area contributed by atoms with Gasteiger partial charge in [0.15, 0.2) is 11.6 Å². The van der Waals surface area contributed by atoms with E-state index in [0.717, 1.165) is 16.5 Å². The molecule has 144 valence electrons. The predicted octanol–water partition coefficient (Wildman–Crippen LogP) is 5.42. The van der Waals surface area contributed by atoms with Crippen LogP contribution in [0.4, 0.5) is 0 Å². The van der Waals surface area contributed by atoms with Crippen molar-refractivity contribution in [3.63, 3.8) is 0 Å². The van der Waals surface area contributed by atoms with Crippen molar-refractivity contribution in [2.75, 3.05) is 7.11 Å². The standard InChI is InChI=1S/C25H21NO3/c1-29-19-12-13-23-20(14-19)22(16-26-23)21(25(28)18-10-6-3-7-11-18)15-24(27)17-8-4-2-5-9-17/h2-14,16,21,26H,15H2,1H3/t21-/m0/s1. The van der Waals surface area contributed by atoms with E-state index in [4.69, 9.17) is 4.74 Å². The third kappa shape index (κ3) is 3.83. The molecule has 29 heavy (non-hydrogen) atoms. The monoisotopic (exact) mass is 383 g/mol. The zero-order chi connectivity index (χ0) is 20.2. The lowest BCUT2D eigenvalue weighted by Gasteiger charge is -2.15. The van der Waals surface area contributed by atoms with Crippen molar-refractivity contribution < 1.29 is 14.3 Å². The van der Waals surface area contributed by atoms with Crippen LogP contribution >= 0.6 is 0 Å². The Morgan fingerprint density at radius 2 is 1.55 bits per heavy atom. The molecule has 0 aliphatic carbocycles. The molecule has 0 amide bonds. The number of methoxy groups -OCH3 is 1. The molecule has 3 aromatic carbocycles. The van der Waals surface area contributed by atoms with Crippen LogP contribution in [0.15, 0.2) is 85.1 Å². The minimum Gasteiger partial charge on any atom is -0.497 e. The SMILES string of the molecule is COc1ccc2[nH]cc([C@H](CC(=O)c3ccccc3)C(=O)c3ccccc3)c2c1. The molecule has 1 atom stereocenters. The van der Waals surface area contributed by atoms with Crippen LogP contribution in [0, 0.1) is 0 Å². The molecule has 0 aliphatic heterocycles. The lowest BCUT2D eigenvalue weighted by Crippen LogP contribution is -2.17. The van der Waals surface area contributed by atoms with Gasteiger partial charge in [0.2, 0.25) is 0 Å². The summed E-state index contributed by atoms with van der Waals surface area (Å²) in [7, 11) is 1.61. The Bertz CT molecular complexity index is 1150. The Labute approximate surface area is 169 Å². The van der Waals surface area contributed by atoms with Crippen molar-refractivity contribution in [3.8, 4) is 5.75 Å². The smallest absolute Gasteiger partial charge is 0.170 e. The molecule has 1 heterocycles. The van der Waals surface area contributed by atoms with Gasteiger partial charge in [-0.25, -0.2) is 0 Å². The van der Waals surface area contributed by atoms with Gasteiger partial charge in [0.1, 0.15) is 5.75 Å². The fourth-order valence-electron chi connectivity index (χ4n) is 3.61. The molecule has 0 bridgehead atoms. The molecule has 0 spiro atoms. The van der Waals surface area contributed by atoms with Crippen molar-refractivity contribution in [2.45, 2.75) is 12.3 Å². The van der Waals surface area contributed by atoms with Crippen LogP contribution in [-0.2, 0) is 0 Å². The van der Waals surface area contributed by atoms with Gasteiger partial charge >= 0.3 is 0 Å². The number of hydrogen-bond donors (Lipinski definition) is 1. The number of carbonyl (C=O) groups is 2. The first-order chi connectivity index (χ1) is 14.2. The van der Waals surface area contributed by atoms with Gasteiger partial charge in [0.25, 0.3) is 0 Å². The Balaban J connectivity index is 1.78. The second-order valence-corrected chi connectivity index (χ2v) is 6.93. The molecular formula is C25H21NO3. The highest BCUT2D eigenvalue weighted by Crippen LogP contribution is 2.33. The lowest BCUT2D eigenvalue weighted by molar-refractivity contribution is 0.0894. The highest BCUT2D eigenvalue weighted by Gasteiger charge is 2.28. The number of nitrogens with one attached hydrogen (secondary N) is 1. The molecule has 1 N–H and O–H groups in total. The fraction of sp³-hybridized carbons (Fsp3) is 0.120. The van der Waals surface area contributed by atoms with E-state index in [2.05, 4.69) is 4.98 Å². The number of fused-ring (bicyclic) bond motifs is 1. The highest BCUT2D eigenvalue weighted by molar-refractivity contribution is 6.07. The van der Waals surface area contributed by atoms with Gasteiger partial charge < -0.3 is 9.72 Å². The first-order valence-electron chi connectivity index (χ1n) is 9.50. The van der Waals surface area contributed by atoms with E-state index in [-0.39, 0.29) is 18.0 Å². The first-order valence-corrected chi connectivity index (χ1v) is 9.50. The average Bonchev–Trinajstić information content (AvgIpc) is 3.21. The Morgan fingerprint density at radius 1 is 0.897 bits per heavy atom. The number of H-pyrrole nitrogens is 1. The predicted molar refractivity (Wildman–Crippen MR) is 114 cm³/mol.